The number of aliphatic hydroxyl groups is 1. The molecule has 176 valence electrons. The van der Waals surface area contributed by atoms with E-state index in [2.05, 4.69) is 29.6 Å². The van der Waals surface area contributed by atoms with E-state index < -0.39 is 6.10 Å². The molecule has 33 heavy (non-hydrogen) atoms. The van der Waals surface area contributed by atoms with Crippen LogP contribution in [-0.2, 0) is 17.6 Å². The lowest BCUT2D eigenvalue weighted by Crippen LogP contribution is -2.32. The molecule has 0 heterocycles. The predicted molar refractivity (Wildman–Crippen MR) is 132 cm³/mol. The van der Waals surface area contributed by atoms with Crippen molar-refractivity contribution in [3.8, 4) is 11.5 Å². The van der Waals surface area contributed by atoms with Gasteiger partial charge in [-0.25, -0.2) is 0 Å². The number of rotatable bonds is 16. The van der Waals surface area contributed by atoms with Crippen molar-refractivity contribution in [2.45, 2.75) is 25.4 Å². The molecule has 0 amide bonds. The molecule has 1 atom stereocenters. The summed E-state index contributed by atoms with van der Waals surface area (Å²) >= 11 is 0. The highest BCUT2D eigenvalue weighted by atomic mass is 16.5. The Hall–Kier alpha value is -2.86. The molecule has 0 radical (unpaired) electrons. The van der Waals surface area contributed by atoms with Gasteiger partial charge >= 0.3 is 0 Å². The summed E-state index contributed by atoms with van der Waals surface area (Å²) in [5, 5.41) is 13.3. The van der Waals surface area contributed by atoms with Crippen LogP contribution < -0.4 is 14.8 Å². The molecule has 5 heteroatoms. The van der Waals surface area contributed by atoms with Gasteiger partial charge in [0, 0.05) is 6.54 Å². The Balaban J connectivity index is 1.18. The van der Waals surface area contributed by atoms with Gasteiger partial charge in [-0.15, -0.1) is 0 Å². The van der Waals surface area contributed by atoms with Gasteiger partial charge in [-0.2, -0.15) is 0 Å². The monoisotopic (exact) mass is 449 g/mol. The molecule has 0 spiro atoms. The van der Waals surface area contributed by atoms with Crippen molar-refractivity contribution in [2.24, 2.45) is 0 Å². The largest absolute Gasteiger partial charge is 0.491 e. The first-order valence-corrected chi connectivity index (χ1v) is 11.7. The Morgan fingerprint density at radius 2 is 1.33 bits per heavy atom. The van der Waals surface area contributed by atoms with Crippen molar-refractivity contribution in [1.29, 1.82) is 0 Å². The number of hydrogen-bond donors (Lipinski definition) is 2. The lowest BCUT2D eigenvalue weighted by Gasteiger charge is -2.13. The van der Waals surface area contributed by atoms with Gasteiger partial charge in [0.15, 0.2) is 0 Å². The van der Waals surface area contributed by atoms with Crippen molar-refractivity contribution in [1.82, 2.24) is 5.32 Å². The van der Waals surface area contributed by atoms with E-state index >= 15 is 0 Å². The molecule has 0 aliphatic heterocycles. The van der Waals surface area contributed by atoms with Gasteiger partial charge < -0.3 is 24.6 Å². The number of ether oxygens (including phenoxy) is 3. The number of nitrogens with one attached hydrogen (secondary N) is 1. The summed E-state index contributed by atoms with van der Waals surface area (Å²) < 4.78 is 17.0. The van der Waals surface area contributed by atoms with Crippen LogP contribution >= 0.6 is 0 Å². The maximum Gasteiger partial charge on any atom is 0.119 e. The third kappa shape index (κ3) is 10.5. The van der Waals surface area contributed by atoms with Crippen LogP contribution in [0.2, 0.25) is 0 Å². The first kappa shape index (κ1) is 24.8. The third-order valence-corrected chi connectivity index (χ3v) is 5.18. The van der Waals surface area contributed by atoms with Gasteiger partial charge in [0.25, 0.3) is 0 Å². The number of aliphatic hydroxyl groups excluding tert-OH is 1. The summed E-state index contributed by atoms with van der Waals surface area (Å²) in [5.41, 5.74) is 2.56. The fraction of sp³-hybridized carbons (Fsp3) is 0.357. The zero-order valence-electron chi connectivity index (χ0n) is 19.2. The molecule has 0 unspecified atom stereocenters. The molecule has 0 aliphatic carbocycles. The molecule has 0 aromatic heterocycles. The van der Waals surface area contributed by atoms with E-state index in [-0.39, 0.29) is 6.61 Å². The average molecular weight is 450 g/mol. The van der Waals surface area contributed by atoms with Gasteiger partial charge in [-0.3, -0.25) is 0 Å². The van der Waals surface area contributed by atoms with Crippen LogP contribution in [0.1, 0.15) is 17.5 Å². The highest BCUT2D eigenvalue weighted by Crippen LogP contribution is 2.13. The highest BCUT2D eigenvalue weighted by molar-refractivity contribution is 5.27. The van der Waals surface area contributed by atoms with Crippen molar-refractivity contribution in [2.75, 3.05) is 39.5 Å². The van der Waals surface area contributed by atoms with Gasteiger partial charge in [0.1, 0.15) is 30.8 Å². The molecule has 0 saturated heterocycles. The van der Waals surface area contributed by atoms with E-state index in [1.165, 1.54) is 11.1 Å². The zero-order chi connectivity index (χ0) is 23.0. The maximum absolute atomic E-state index is 10.0. The second-order valence-corrected chi connectivity index (χ2v) is 7.93. The molecule has 0 saturated carbocycles. The highest BCUT2D eigenvalue weighted by Gasteiger charge is 2.04. The lowest BCUT2D eigenvalue weighted by atomic mass is 10.1. The summed E-state index contributed by atoms with van der Waals surface area (Å²) in [6.07, 6.45) is 2.38. The molecule has 3 aromatic carbocycles. The minimum absolute atomic E-state index is 0.288. The molecular formula is C28H35NO4. The van der Waals surface area contributed by atoms with E-state index in [0.717, 1.165) is 37.3 Å². The van der Waals surface area contributed by atoms with Crippen LogP contribution in [0.5, 0.6) is 11.5 Å². The molecule has 3 aromatic rings. The Kier molecular flexibility index (Phi) is 11.3. The van der Waals surface area contributed by atoms with Gasteiger partial charge in [-0.1, -0.05) is 60.7 Å². The van der Waals surface area contributed by atoms with Gasteiger partial charge in [-0.05, 0) is 61.2 Å². The maximum atomic E-state index is 10.0. The van der Waals surface area contributed by atoms with Gasteiger partial charge in [0.05, 0.1) is 13.2 Å². The van der Waals surface area contributed by atoms with Gasteiger partial charge in [0.2, 0.25) is 0 Å². The van der Waals surface area contributed by atoms with Crippen LogP contribution in [0.4, 0.5) is 0 Å². The second-order valence-electron chi connectivity index (χ2n) is 7.93. The Morgan fingerprint density at radius 1 is 0.667 bits per heavy atom. The molecule has 0 fully saturated rings. The Bertz CT molecular complexity index is 871. The summed E-state index contributed by atoms with van der Waals surface area (Å²) in [4.78, 5) is 0. The fourth-order valence-electron chi connectivity index (χ4n) is 3.36. The lowest BCUT2D eigenvalue weighted by molar-refractivity contribution is 0.102. The predicted octanol–water partition coefficient (Wildman–Crippen LogP) is 4.29. The minimum atomic E-state index is -0.524. The third-order valence-electron chi connectivity index (χ3n) is 5.18. The first-order chi connectivity index (χ1) is 16.3. The topological polar surface area (TPSA) is 60.0 Å². The van der Waals surface area contributed by atoms with Crippen LogP contribution in [-0.4, -0.2) is 50.7 Å². The van der Waals surface area contributed by atoms with Crippen LogP contribution in [0.3, 0.4) is 0 Å². The summed E-state index contributed by atoms with van der Waals surface area (Å²) in [6, 6.07) is 28.1. The van der Waals surface area contributed by atoms with Crippen LogP contribution in [0.15, 0.2) is 84.9 Å². The second kappa shape index (κ2) is 15.1. The quantitative estimate of drug-likeness (QED) is 0.320. The zero-order valence-corrected chi connectivity index (χ0v) is 19.2. The van der Waals surface area contributed by atoms with E-state index in [1.807, 2.05) is 60.7 Å². The van der Waals surface area contributed by atoms with E-state index in [9.17, 15) is 5.11 Å². The Morgan fingerprint density at radius 3 is 2.09 bits per heavy atom. The number of para-hydroxylation sites is 1. The molecular weight excluding hydrogens is 414 g/mol. The smallest absolute Gasteiger partial charge is 0.119 e. The number of hydrogen-bond acceptors (Lipinski definition) is 5. The standard InChI is InChI=1S/C28H35NO4/c30-26(23-33-27-11-5-2-6-12-27)22-29-18-7-10-25-13-15-28(16-14-25)32-21-20-31-19-17-24-8-3-1-4-9-24/h1-6,8-9,11-16,26,29-30H,7,10,17-23H2/t26-/m0/s1. The SMILES string of the molecule is O[C@@H](CNCCCc1ccc(OCCOCCc2ccccc2)cc1)COc1ccccc1. The van der Waals surface area contributed by atoms with Crippen molar-refractivity contribution in [3.05, 3.63) is 96.1 Å². The summed E-state index contributed by atoms with van der Waals surface area (Å²) in [5.74, 6) is 1.64. The Labute approximate surface area is 197 Å². The van der Waals surface area contributed by atoms with E-state index in [4.69, 9.17) is 14.2 Å². The van der Waals surface area contributed by atoms with Crippen LogP contribution in [0, 0.1) is 0 Å². The molecule has 3 rings (SSSR count). The van der Waals surface area contributed by atoms with Crippen molar-refractivity contribution in [3.63, 3.8) is 0 Å². The molecule has 2 N–H and O–H groups in total. The number of benzene rings is 3. The number of aryl methyl sites for hydroxylation is 1. The average Bonchev–Trinajstić information content (AvgIpc) is 2.87. The minimum Gasteiger partial charge on any atom is -0.491 e. The molecule has 0 bridgehead atoms. The summed E-state index contributed by atoms with van der Waals surface area (Å²) in [6.45, 7) is 3.50. The normalized spacial score (nSPS) is 11.8. The van der Waals surface area contributed by atoms with Crippen LogP contribution in [0.25, 0.3) is 0 Å². The molecule has 0 aliphatic rings. The first-order valence-electron chi connectivity index (χ1n) is 11.7. The van der Waals surface area contributed by atoms with E-state index in [1.54, 1.807) is 0 Å². The van der Waals surface area contributed by atoms with Crippen molar-refractivity contribution < 1.29 is 19.3 Å². The fourth-order valence-corrected chi connectivity index (χ4v) is 3.36. The van der Waals surface area contributed by atoms with Crippen molar-refractivity contribution >= 4 is 0 Å². The van der Waals surface area contributed by atoms with E-state index in [0.29, 0.717) is 26.4 Å². The summed E-state index contributed by atoms with van der Waals surface area (Å²) in [7, 11) is 0. The molecule has 5 nitrogen and oxygen atoms in total.